The molecule has 0 fully saturated rings. The Morgan fingerprint density at radius 2 is 0.537 bits per heavy atom. The first kappa shape index (κ1) is 64.4. The Balaban J connectivity index is 4.26. The van der Waals surface area contributed by atoms with E-state index in [2.05, 4.69) is 69.4 Å². The summed E-state index contributed by atoms with van der Waals surface area (Å²) in [6.07, 6.45) is 68.2. The molecule has 0 bridgehead atoms. The van der Waals surface area contributed by atoms with E-state index in [1.54, 1.807) is 0 Å². The summed E-state index contributed by atoms with van der Waals surface area (Å²) in [5, 5.41) is 0. The van der Waals surface area contributed by atoms with Crippen molar-refractivity contribution >= 4 is 17.9 Å². The molecular formula is C61H110O6. The van der Waals surface area contributed by atoms with E-state index in [1.165, 1.54) is 193 Å². The van der Waals surface area contributed by atoms with Gasteiger partial charge in [0.1, 0.15) is 13.2 Å². The van der Waals surface area contributed by atoms with Crippen LogP contribution in [-0.2, 0) is 28.6 Å². The van der Waals surface area contributed by atoms with Gasteiger partial charge < -0.3 is 14.2 Å². The lowest BCUT2D eigenvalue weighted by molar-refractivity contribution is -0.167. The number of carbonyl (C=O) groups is 3. The third-order valence-corrected chi connectivity index (χ3v) is 12.8. The number of carbonyl (C=O) groups excluding carboxylic acids is 3. The van der Waals surface area contributed by atoms with Crippen molar-refractivity contribution in [3.05, 3.63) is 48.6 Å². The van der Waals surface area contributed by atoms with Crippen molar-refractivity contribution in [1.29, 1.82) is 0 Å². The molecule has 0 aliphatic rings. The molecule has 0 aromatic heterocycles. The van der Waals surface area contributed by atoms with Crippen LogP contribution >= 0.6 is 0 Å². The van der Waals surface area contributed by atoms with E-state index in [0.29, 0.717) is 19.3 Å². The van der Waals surface area contributed by atoms with Crippen LogP contribution < -0.4 is 0 Å². The van der Waals surface area contributed by atoms with Gasteiger partial charge in [-0.3, -0.25) is 14.4 Å². The van der Waals surface area contributed by atoms with Crippen LogP contribution in [0.4, 0.5) is 0 Å². The smallest absolute Gasteiger partial charge is 0.306 e. The van der Waals surface area contributed by atoms with Crippen molar-refractivity contribution in [3.8, 4) is 0 Å². The molecule has 0 amide bonds. The molecule has 0 heterocycles. The lowest BCUT2D eigenvalue weighted by Gasteiger charge is -2.18. The van der Waals surface area contributed by atoms with Gasteiger partial charge in [0.15, 0.2) is 6.10 Å². The molecule has 0 aliphatic carbocycles. The molecular weight excluding hydrogens is 829 g/mol. The Hall–Kier alpha value is -2.63. The molecule has 0 saturated carbocycles. The lowest BCUT2D eigenvalue weighted by atomic mass is 10.1. The molecule has 0 aromatic carbocycles. The summed E-state index contributed by atoms with van der Waals surface area (Å²) in [5.41, 5.74) is 0. The highest BCUT2D eigenvalue weighted by Gasteiger charge is 2.19. The van der Waals surface area contributed by atoms with E-state index >= 15 is 0 Å². The minimum atomic E-state index is -0.774. The standard InChI is InChI=1S/C61H110O6/c1-4-7-10-13-16-19-21-23-25-27-29-30-32-33-35-37-39-42-45-48-51-54-60(63)66-57-58(56-65-59(62)53-50-47-44-41-18-15-12-9-6-3)67-61(64)55-52-49-46-43-40-38-36-34-31-28-26-24-22-20-17-14-11-8-5-2/h17,20-21,23-24,26-27,29,58H,4-16,18-19,22,25,28,30-57H2,1-3H3/b20-17-,23-21-,26-24-,29-27-. The third kappa shape index (κ3) is 54.2. The molecule has 6 nitrogen and oxygen atoms in total. The predicted octanol–water partition coefficient (Wildman–Crippen LogP) is 19.4. The molecule has 0 rings (SSSR count). The molecule has 390 valence electrons. The molecule has 1 atom stereocenters. The van der Waals surface area contributed by atoms with Gasteiger partial charge in [-0.05, 0) is 83.5 Å². The molecule has 0 spiro atoms. The maximum absolute atomic E-state index is 12.8. The average molecular weight is 940 g/mol. The van der Waals surface area contributed by atoms with Gasteiger partial charge in [-0.15, -0.1) is 0 Å². The maximum Gasteiger partial charge on any atom is 0.306 e. The summed E-state index contributed by atoms with van der Waals surface area (Å²) in [6.45, 7) is 6.61. The Morgan fingerprint density at radius 1 is 0.299 bits per heavy atom. The van der Waals surface area contributed by atoms with Gasteiger partial charge in [-0.25, -0.2) is 0 Å². The molecule has 0 radical (unpaired) electrons. The van der Waals surface area contributed by atoms with Crippen LogP contribution in [-0.4, -0.2) is 37.2 Å². The number of hydrogen-bond donors (Lipinski definition) is 0. The normalized spacial score (nSPS) is 12.3. The molecule has 0 aromatic rings. The van der Waals surface area contributed by atoms with Crippen molar-refractivity contribution in [2.75, 3.05) is 13.2 Å². The summed E-state index contributed by atoms with van der Waals surface area (Å²) in [7, 11) is 0. The van der Waals surface area contributed by atoms with E-state index in [0.717, 1.165) is 70.6 Å². The van der Waals surface area contributed by atoms with E-state index in [1.807, 2.05) is 0 Å². The second-order valence-corrected chi connectivity index (χ2v) is 19.6. The largest absolute Gasteiger partial charge is 0.462 e. The fourth-order valence-electron chi connectivity index (χ4n) is 8.39. The van der Waals surface area contributed by atoms with E-state index in [4.69, 9.17) is 14.2 Å². The lowest BCUT2D eigenvalue weighted by Crippen LogP contribution is -2.30. The SMILES string of the molecule is CCCCC/C=C\C/C=C\CCCCCCCCCCCC(=O)OC(COC(=O)CCCCCCCCCCC)COC(=O)CCCCCCCCCCC/C=C\C/C=C\CCCCCCC. The van der Waals surface area contributed by atoms with E-state index in [-0.39, 0.29) is 31.1 Å². The van der Waals surface area contributed by atoms with Crippen LogP contribution in [0.2, 0.25) is 0 Å². The van der Waals surface area contributed by atoms with Crippen LogP contribution in [0.15, 0.2) is 48.6 Å². The van der Waals surface area contributed by atoms with Gasteiger partial charge in [-0.2, -0.15) is 0 Å². The summed E-state index contributed by atoms with van der Waals surface area (Å²) >= 11 is 0. The minimum Gasteiger partial charge on any atom is -0.462 e. The minimum absolute atomic E-state index is 0.0736. The Labute approximate surface area is 416 Å². The van der Waals surface area contributed by atoms with E-state index in [9.17, 15) is 14.4 Å². The highest BCUT2D eigenvalue weighted by molar-refractivity contribution is 5.71. The second-order valence-electron chi connectivity index (χ2n) is 19.6. The molecule has 0 aliphatic heterocycles. The van der Waals surface area contributed by atoms with Gasteiger partial charge in [0.2, 0.25) is 0 Å². The van der Waals surface area contributed by atoms with Crippen LogP contribution in [0.5, 0.6) is 0 Å². The first-order valence-corrected chi connectivity index (χ1v) is 29.1. The van der Waals surface area contributed by atoms with Crippen molar-refractivity contribution in [2.45, 2.75) is 309 Å². The summed E-state index contributed by atoms with van der Waals surface area (Å²) < 4.78 is 16.8. The van der Waals surface area contributed by atoms with Crippen molar-refractivity contribution in [3.63, 3.8) is 0 Å². The van der Waals surface area contributed by atoms with Gasteiger partial charge >= 0.3 is 17.9 Å². The zero-order valence-corrected chi connectivity index (χ0v) is 44.7. The molecule has 6 heteroatoms. The van der Waals surface area contributed by atoms with Crippen LogP contribution in [0, 0.1) is 0 Å². The molecule has 1 unspecified atom stereocenters. The zero-order chi connectivity index (χ0) is 48.6. The van der Waals surface area contributed by atoms with Crippen molar-refractivity contribution in [1.82, 2.24) is 0 Å². The summed E-state index contributed by atoms with van der Waals surface area (Å²) in [6, 6.07) is 0. The van der Waals surface area contributed by atoms with Gasteiger partial charge in [0.05, 0.1) is 0 Å². The molecule has 0 N–H and O–H groups in total. The number of unbranched alkanes of at least 4 members (excludes halogenated alkanes) is 34. The number of esters is 3. The van der Waals surface area contributed by atoms with E-state index < -0.39 is 6.10 Å². The number of ether oxygens (including phenoxy) is 3. The van der Waals surface area contributed by atoms with Gasteiger partial charge in [0.25, 0.3) is 0 Å². The number of allylic oxidation sites excluding steroid dienone is 8. The van der Waals surface area contributed by atoms with Crippen LogP contribution in [0.3, 0.4) is 0 Å². The van der Waals surface area contributed by atoms with Crippen molar-refractivity contribution < 1.29 is 28.6 Å². The first-order chi connectivity index (χ1) is 33.0. The monoisotopic (exact) mass is 939 g/mol. The average Bonchev–Trinajstić information content (AvgIpc) is 3.33. The molecule has 67 heavy (non-hydrogen) atoms. The predicted molar refractivity (Wildman–Crippen MR) is 289 cm³/mol. The topological polar surface area (TPSA) is 78.9 Å². The maximum atomic E-state index is 12.8. The summed E-state index contributed by atoms with van der Waals surface area (Å²) in [5.74, 6) is -0.872. The first-order valence-electron chi connectivity index (χ1n) is 29.1. The fraction of sp³-hybridized carbons (Fsp3) is 0.820. The zero-order valence-electron chi connectivity index (χ0n) is 44.7. The third-order valence-electron chi connectivity index (χ3n) is 12.8. The number of hydrogen-bond acceptors (Lipinski definition) is 6. The highest BCUT2D eigenvalue weighted by Crippen LogP contribution is 2.16. The van der Waals surface area contributed by atoms with Gasteiger partial charge in [0, 0.05) is 19.3 Å². The Bertz CT molecular complexity index is 1170. The van der Waals surface area contributed by atoms with Crippen LogP contribution in [0.25, 0.3) is 0 Å². The highest BCUT2D eigenvalue weighted by atomic mass is 16.6. The van der Waals surface area contributed by atoms with Crippen molar-refractivity contribution in [2.24, 2.45) is 0 Å². The van der Waals surface area contributed by atoms with Crippen LogP contribution in [0.1, 0.15) is 303 Å². The Kier molecular flexibility index (Phi) is 53.8. The summed E-state index contributed by atoms with van der Waals surface area (Å²) in [4.78, 5) is 38.1. The molecule has 0 saturated heterocycles. The second kappa shape index (κ2) is 56.0. The Morgan fingerprint density at radius 3 is 0.851 bits per heavy atom. The van der Waals surface area contributed by atoms with Gasteiger partial charge in [-0.1, -0.05) is 249 Å². The number of rotatable bonds is 53. The fourth-order valence-corrected chi connectivity index (χ4v) is 8.39. The quantitative estimate of drug-likeness (QED) is 0.0262.